The number of amides is 1. The third-order valence-corrected chi connectivity index (χ3v) is 5.02. The molecular weight excluding hydrogens is 348 g/mol. The van der Waals surface area contributed by atoms with Gasteiger partial charge in [0, 0.05) is 23.2 Å². The molecule has 0 spiro atoms. The summed E-state index contributed by atoms with van der Waals surface area (Å²) in [7, 11) is 0. The zero-order valence-electron chi connectivity index (χ0n) is 14.5. The summed E-state index contributed by atoms with van der Waals surface area (Å²) in [4.78, 5) is 44.3. The van der Waals surface area contributed by atoms with E-state index < -0.39 is 17.1 Å². The van der Waals surface area contributed by atoms with Crippen LogP contribution in [0, 0.1) is 5.92 Å². The maximum Gasteiger partial charge on any atom is 0.342 e. The molecule has 2 heterocycles. The fourth-order valence-corrected chi connectivity index (χ4v) is 3.56. The number of carboxylic acid groups (broad SMARTS) is 1. The molecule has 1 fully saturated rings. The van der Waals surface area contributed by atoms with Crippen LogP contribution in [0.5, 0.6) is 0 Å². The molecule has 1 aromatic carbocycles. The van der Waals surface area contributed by atoms with Gasteiger partial charge in [-0.05, 0) is 31.0 Å². The minimum Gasteiger partial charge on any atom is -0.477 e. The number of aromatic nitrogens is 3. The van der Waals surface area contributed by atoms with Crippen molar-refractivity contribution in [2.75, 3.05) is 5.32 Å². The molecule has 1 saturated carbocycles. The monoisotopic (exact) mass is 366 g/mol. The SMILES string of the molecule is O=C(O)c1cnc2c3cc(NC(=O)C4CCCCC4)ccc3ncn2c1=O. The Morgan fingerprint density at radius 1 is 1.15 bits per heavy atom. The number of nitrogens with one attached hydrogen (secondary N) is 1. The van der Waals surface area contributed by atoms with E-state index >= 15 is 0 Å². The first-order valence-electron chi connectivity index (χ1n) is 8.89. The van der Waals surface area contributed by atoms with Gasteiger partial charge in [-0.2, -0.15) is 0 Å². The van der Waals surface area contributed by atoms with Gasteiger partial charge in [0.25, 0.3) is 5.56 Å². The van der Waals surface area contributed by atoms with Crippen molar-refractivity contribution in [3.8, 4) is 0 Å². The summed E-state index contributed by atoms with van der Waals surface area (Å²) in [6, 6.07) is 5.21. The summed E-state index contributed by atoms with van der Waals surface area (Å²) in [5.41, 5.74) is 0.378. The number of anilines is 1. The molecule has 4 rings (SSSR count). The topological polar surface area (TPSA) is 114 Å². The van der Waals surface area contributed by atoms with Crippen molar-refractivity contribution in [3.63, 3.8) is 0 Å². The van der Waals surface area contributed by atoms with Crippen LogP contribution in [0.3, 0.4) is 0 Å². The summed E-state index contributed by atoms with van der Waals surface area (Å²) in [5.74, 6) is -1.31. The Balaban J connectivity index is 1.75. The molecule has 0 aliphatic heterocycles. The second-order valence-electron chi connectivity index (χ2n) is 6.78. The largest absolute Gasteiger partial charge is 0.477 e. The number of carbonyl (C=O) groups is 2. The lowest BCUT2D eigenvalue weighted by Crippen LogP contribution is -2.24. The maximum atomic E-state index is 12.5. The highest BCUT2D eigenvalue weighted by Gasteiger charge is 2.21. The van der Waals surface area contributed by atoms with E-state index in [4.69, 9.17) is 5.11 Å². The Kier molecular flexibility index (Phi) is 4.31. The predicted octanol–water partition coefficient (Wildman–Crippen LogP) is 2.46. The summed E-state index contributed by atoms with van der Waals surface area (Å²) in [5, 5.41) is 12.6. The van der Waals surface area contributed by atoms with Gasteiger partial charge in [0.15, 0.2) is 0 Å². The van der Waals surface area contributed by atoms with Crippen molar-refractivity contribution in [3.05, 3.63) is 46.6 Å². The quantitative estimate of drug-likeness (QED) is 0.688. The first-order chi connectivity index (χ1) is 13.0. The van der Waals surface area contributed by atoms with Crippen molar-refractivity contribution in [2.24, 2.45) is 5.92 Å². The van der Waals surface area contributed by atoms with E-state index in [-0.39, 0.29) is 11.8 Å². The van der Waals surface area contributed by atoms with Gasteiger partial charge in [0.2, 0.25) is 5.91 Å². The van der Waals surface area contributed by atoms with Gasteiger partial charge in [0.1, 0.15) is 17.5 Å². The van der Waals surface area contributed by atoms with Crippen LogP contribution < -0.4 is 10.9 Å². The van der Waals surface area contributed by atoms with Crippen LogP contribution in [-0.2, 0) is 4.79 Å². The standard InChI is InChI=1S/C19H18N4O4/c24-17(11-4-2-1-3-5-11)22-12-6-7-15-13(8-12)16-20-9-14(19(26)27)18(25)23(16)10-21-15/h6-11H,1-5H2,(H,22,24)(H,26,27). The Labute approximate surface area is 153 Å². The van der Waals surface area contributed by atoms with Crippen molar-refractivity contribution >= 4 is 34.1 Å². The van der Waals surface area contributed by atoms with E-state index in [2.05, 4.69) is 15.3 Å². The maximum absolute atomic E-state index is 12.5. The smallest absolute Gasteiger partial charge is 0.342 e. The highest BCUT2D eigenvalue weighted by Crippen LogP contribution is 2.26. The van der Waals surface area contributed by atoms with Gasteiger partial charge < -0.3 is 10.4 Å². The second kappa shape index (κ2) is 6.79. The highest BCUT2D eigenvalue weighted by molar-refractivity contribution is 5.98. The van der Waals surface area contributed by atoms with Gasteiger partial charge in [-0.15, -0.1) is 0 Å². The van der Waals surface area contributed by atoms with E-state index in [1.165, 1.54) is 12.7 Å². The third kappa shape index (κ3) is 3.14. The Hall–Kier alpha value is -3.29. The van der Waals surface area contributed by atoms with E-state index in [1.54, 1.807) is 18.2 Å². The van der Waals surface area contributed by atoms with E-state index in [0.717, 1.165) is 36.3 Å². The van der Waals surface area contributed by atoms with Crippen LogP contribution in [-0.4, -0.2) is 31.4 Å². The molecular formula is C19H18N4O4. The average Bonchev–Trinajstić information content (AvgIpc) is 2.68. The van der Waals surface area contributed by atoms with Crippen molar-refractivity contribution in [1.29, 1.82) is 0 Å². The summed E-state index contributed by atoms with van der Waals surface area (Å²) in [6.45, 7) is 0. The number of nitrogens with zero attached hydrogens (tertiary/aromatic N) is 3. The number of rotatable bonds is 3. The average molecular weight is 366 g/mol. The fourth-order valence-electron chi connectivity index (χ4n) is 3.56. The van der Waals surface area contributed by atoms with Crippen LogP contribution in [0.4, 0.5) is 5.69 Å². The van der Waals surface area contributed by atoms with Gasteiger partial charge in [-0.25, -0.2) is 19.2 Å². The molecule has 0 radical (unpaired) electrons. The summed E-state index contributed by atoms with van der Waals surface area (Å²) < 4.78 is 1.11. The van der Waals surface area contributed by atoms with Gasteiger partial charge in [0.05, 0.1) is 5.52 Å². The molecule has 1 amide bonds. The lowest BCUT2D eigenvalue weighted by Gasteiger charge is -2.20. The first kappa shape index (κ1) is 17.1. The molecule has 0 bridgehead atoms. The number of carbonyl (C=O) groups excluding carboxylic acids is 1. The van der Waals surface area contributed by atoms with Crippen LogP contribution in [0.2, 0.25) is 0 Å². The molecule has 138 valence electrons. The van der Waals surface area contributed by atoms with Crippen LogP contribution >= 0.6 is 0 Å². The summed E-state index contributed by atoms with van der Waals surface area (Å²) >= 11 is 0. The number of hydrogen-bond acceptors (Lipinski definition) is 5. The number of hydrogen-bond donors (Lipinski definition) is 2. The molecule has 1 aliphatic carbocycles. The highest BCUT2D eigenvalue weighted by atomic mass is 16.4. The number of carboxylic acids is 1. The minimum atomic E-state index is -1.34. The Bertz CT molecular complexity index is 1120. The zero-order valence-corrected chi connectivity index (χ0v) is 14.5. The van der Waals surface area contributed by atoms with Gasteiger partial charge >= 0.3 is 5.97 Å². The molecule has 2 aromatic heterocycles. The normalized spacial score (nSPS) is 15.1. The Morgan fingerprint density at radius 2 is 1.93 bits per heavy atom. The molecule has 0 saturated heterocycles. The van der Waals surface area contributed by atoms with E-state index in [1.807, 2.05) is 0 Å². The Morgan fingerprint density at radius 3 is 2.67 bits per heavy atom. The second-order valence-corrected chi connectivity index (χ2v) is 6.78. The fraction of sp³-hybridized carbons (Fsp3) is 0.316. The lowest BCUT2D eigenvalue weighted by molar-refractivity contribution is -0.120. The number of fused-ring (bicyclic) bond motifs is 3. The van der Waals surface area contributed by atoms with E-state index in [0.29, 0.717) is 22.2 Å². The molecule has 8 heteroatoms. The molecule has 1 aliphatic rings. The summed E-state index contributed by atoms with van der Waals surface area (Å²) in [6.07, 6.45) is 7.44. The minimum absolute atomic E-state index is 0.000496. The van der Waals surface area contributed by atoms with E-state index in [9.17, 15) is 14.4 Å². The number of benzene rings is 1. The molecule has 3 aromatic rings. The van der Waals surface area contributed by atoms with Crippen molar-refractivity contribution in [2.45, 2.75) is 32.1 Å². The third-order valence-electron chi connectivity index (χ3n) is 5.02. The molecule has 0 unspecified atom stereocenters. The lowest BCUT2D eigenvalue weighted by atomic mass is 9.88. The van der Waals surface area contributed by atoms with Gasteiger partial charge in [-0.3, -0.25) is 9.59 Å². The molecule has 8 nitrogen and oxygen atoms in total. The van der Waals surface area contributed by atoms with Crippen molar-refractivity contribution < 1.29 is 14.7 Å². The van der Waals surface area contributed by atoms with Gasteiger partial charge in [-0.1, -0.05) is 19.3 Å². The van der Waals surface area contributed by atoms with Crippen LogP contribution in [0.15, 0.2) is 35.5 Å². The molecule has 2 N–H and O–H groups in total. The number of aromatic carboxylic acids is 1. The van der Waals surface area contributed by atoms with Crippen molar-refractivity contribution in [1.82, 2.24) is 14.4 Å². The molecule has 0 atom stereocenters. The van der Waals surface area contributed by atoms with Crippen LogP contribution in [0.25, 0.3) is 16.6 Å². The molecule has 27 heavy (non-hydrogen) atoms. The zero-order chi connectivity index (χ0) is 19.0. The van der Waals surface area contributed by atoms with Crippen LogP contribution in [0.1, 0.15) is 42.5 Å². The predicted molar refractivity (Wildman–Crippen MR) is 98.9 cm³/mol. The first-order valence-corrected chi connectivity index (χ1v) is 8.89.